The number of aromatic nitrogens is 3. The molecule has 0 aliphatic carbocycles. The van der Waals surface area contributed by atoms with Gasteiger partial charge in [-0.3, -0.25) is 4.68 Å². The molecular formula is C21H20N4O2. The highest BCUT2D eigenvalue weighted by Crippen LogP contribution is 2.29. The van der Waals surface area contributed by atoms with Gasteiger partial charge in [0.1, 0.15) is 23.5 Å². The lowest BCUT2D eigenvalue weighted by Gasteiger charge is -2.06. The van der Waals surface area contributed by atoms with Gasteiger partial charge in [-0.25, -0.2) is 4.98 Å². The van der Waals surface area contributed by atoms with E-state index in [1.807, 2.05) is 72.3 Å². The molecule has 0 bridgehead atoms. The fourth-order valence-electron chi connectivity index (χ4n) is 2.98. The largest absolute Gasteiger partial charge is 0.493 e. The van der Waals surface area contributed by atoms with E-state index >= 15 is 0 Å². The van der Waals surface area contributed by atoms with Crippen LogP contribution < -0.4 is 10.5 Å². The molecule has 0 amide bonds. The third-order valence-electron chi connectivity index (χ3n) is 4.15. The Morgan fingerprint density at radius 2 is 1.85 bits per heavy atom. The maximum atomic E-state index is 5.93. The Hall–Kier alpha value is -3.54. The predicted octanol–water partition coefficient (Wildman–Crippen LogP) is 4.23. The Kier molecular flexibility index (Phi) is 4.61. The number of nitrogens with two attached hydrogens (primary N) is 1. The van der Waals surface area contributed by atoms with Crippen LogP contribution in [0.15, 0.2) is 71.3 Å². The quantitative estimate of drug-likeness (QED) is 0.556. The molecular weight excluding hydrogens is 340 g/mol. The Morgan fingerprint density at radius 1 is 1.07 bits per heavy atom. The van der Waals surface area contributed by atoms with Crippen LogP contribution in [0.5, 0.6) is 5.75 Å². The van der Waals surface area contributed by atoms with Gasteiger partial charge in [-0.2, -0.15) is 5.10 Å². The molecule has 0 saturated heterocycles. The van der Waals surface area contributed by atoms with E-state index in [0.717, 1.165) is 28.3 Å². The van der Waals surface area contributed by atoms with Gasteiger partial charge in [0, 0.05) is 6.07 Å². The Morgan fingerprint density at radius 3 is 2.67 bits per heavy atom. The molecule has 0 spiro atoms. The first kappa shape index (κ1) is 16.9. The minimum atomic E-state index is 0.460. The van der Waals surface area contributed by atoms with E-state index in [1.54, 1.807) is 6.26 Å². The summed E-state index contributed by atoms with van der Waals surface area (Å²) in [5.41, 5.74) is 9.50. The summed E-state index contributed by atoms with van der Waals surface area (Å²) in [6.07, 6.45) is 1.64. The third-order valence-corrected chi connectivity index (χ3v) is 4.15. The van der Waals surface area contributed by atoms with Crippen LogP contribution in [0.4, 0.5) is 5.82 Å². The van der Waals surface area contributed by atoms with Gasteiger partial charge < -0.3 is 14.9 Å². The number of ether oxygens (including phenoxy) is 1. The molecule has 0 unspecified atom stereocenters. The minimum Gasteiger partial charge on any atom is -0.493 e. The molecule has 27 heavy (non-hydrogen) atoms. The molecule has 0 aliphatic heterocycles. The van der Waals surface area contributed by atoms with Gasteiger partial charge in [0.2, 0.25) is 5.89 Å². The van der Waals surface area contributed by atoms with Crippen molar-refractivity contribution in [2.24, 2.45) is 0 Å². The van der Waals surface area contributed by atoms with Gasteiger partial charge in [0.15, 0.2) is 0 Å². The molecule has 4 aromatic rings. The molecule has 0 atom stereocenters. The van der Waals surface area contributed by atoms with Gasteiger partial charge >= 0.3 is 0 Å². The summed E-state index contributed by atoms with van der Waals surface area (Å²) < 4.78 is 13.2. The second kappa shape index (κ2) is 7.37. The first-order valence-electron chi connectivity index (χ1n) is 8.80. The highest BCUT2D eigenvalue weighted by atomic mass is 16.5. The zero-order chi connectivity index (χ0) is 18.6. The fourth-order valence-corrected chi connectivity index (χ4v) is 2.98. The van der Waals surface area contributed by atoms with Crippen molar-refractivity contribution in [3.63, 3.8) is 0 Å². The number of rotatable bonds is 6. The topological polar surface area (TPSA) is 79.1 Å². The van der Waals surface area contributed by atoms with Crippen LogP contribution in [0.3, 0.4) is 0 Å². The zero-order valence-corrected chi connectivity index (χ0v) is 15.0. The van der Waals surface area contributed by atoms with E-state index in [0.29, 0.717) is 24.9 Å². The van der Waals surface area contributed by atoms with Gasteiger partial charge in [-0.05, 0) is 24.6 Å². The number of anilines is 1. The third kappa shape index (κ3) is 3.55. The molecule has 0 saturated carbocycles. The van der Waals surface area contributed by atoms with Crippen molar-refractivity contribution in [2.75, 3.05) is 12.3 Å². The summed E-state index contributed by atoms with van der Waals surface area (Å²) in [6.45, 7) is 2.99. The van der Waals surface area contributed by atoms with Crippen molar-refractivity contribution in [1.29, 1.82) is 0 Å². The standard InChI is InChI=1S/C21H20N4O2/c1-2-26-19-11-7-6-10-17(19)21-23-16(14-27-21)13-25-18(12-20(22)24-25)15-8-4-3-5-9-15/h3-12,14H,2,13H2,1H3,(H2,22,24). The van der Waals surface area contributed by atoms with Crippen LogP contribution >= 0.6 is 0 Å². The molecule has 2 N–H and O–H groups in total. The summed E-state index contributed by atoms with van der Waals surface area (Å²) in [6, 6.07) is 19.6. The first-order valence-corrected chi connectivity index (χ1v) is 8.80. The van der Waals surface area contributed by atoms with Crippen LogP contribution in [0, 0.1) is 0 Å². The second-order valence-electron chi connectivity index (χ2n) is 6.05. The van der Waals surface area contributed by atoms with Gasteiger partial charge in [-0.15, -0.1) is 0 Å². The maximum absolute atomic E-state index is 5.93. The second-order valence-corrected chi connectivity index (χ2v) is 6.05. The van der Waals surface area contributed by atoms with E-state index < -0.39 is 0 Å². The van der Waals surface area contributed by atoms with E-state index in [4.69, 9.17) is 14.9 Å². The molecule has 0 fully saturated rings. The lowest BCUT2D eigenvalue weighted by Crippen LogP contribution is -2.04. The molecule has 2 aromatic carbocycles. The Bertz CT molecular complexity index is 1040. The average molecular weight is 360 g/mol. The van der Waals surface area contributed by atoms with Crippen LogP contribution in [0.25, 0.3) is 22.7 Å². The molecule has 0 aliphatic rings. The lowest BCUT2D eigenvalue weighted by atomic mass is 10.1. The number of hydrogen-bond acceptors (Lipinski definition) is 5. The maximum Gasteiger partial charge on any atom is 0.229 e. The zero-order valence-electron chi connectivity index (χ0n) is 15.0. The van der Waals surface area contributed by atoms with Crippen molar-refractivity contribution in [1.82, 2.24) is 14.8 Å². The highest BCUT2D eigenvalue weighted by molar-refractivity contribution is 5.64. The number of hydrogen-bond donors (Lipinski definition) is 1. The summed E-state index contributed by atoms with van der Waals surface area (Å²) in [5.74, 6) is 1.75. The van der Waals surface area contributed by atoms with E-state index in [1.165, 1.54) is 0 Å². The number of benzene rings is 2. The molecule has 136 valence electrons. The molecule has 6 heteroatoms. The van der Waals surface area contributed by atoms with Crippen molar-refractivity contribution in [3.8, 4) is 28.5 Å². The van der Waals surface area contributed by atoms with Crippen molar-refractivity contribution >= 4 is 5.82 Å². The van der Waals surface area contributed by atoms with Gasteiger partial charge in [0.05, 0.1) is 24.4 Å². The number of para-hydroxylation sites is 1. The number of nitrogen functional groups attached to an aromatic ring is 1. The average Bonchev–Trinajstić information content (AvgIpc) is 3.30. The molecule has 2 aromatic heterocycles. The van der Waals surface area contributed by atoms with E-state index in [2.05, 4.69) is 10.1 Å². The molecule has 4 rings (SSSR count). The highest BCUT2D eigenvalue weighted by Gasteiger charge is 2.14. The number of nitrogens with zero attached hydrogens (tertiary/aromatic N) is 3. The van der Waals surface area contributed by atoms with Gasteiger partial charge in [0.25, 0.3) is 0 Å². The van der Waals surface area contributed by atoms with E-state index in [9.17, 15) is 0 Å². The first-order chi connectivity index (χ1) is 13.2. The van der Waals surface area contributed by atoms with Crippen LogP contribution in [0.1, 0.15) is 12.6 Å². The summed E-state index contributed by atoms with van der Waals surface area (Å²) in [4.78, 5) is 4.61. The normalized spacial score (nSPS) is 10.9. The summed E-state index contributed by atoms with van der Waals surface area (Å²) in [5, 5.41) is 4.40. The predicted molar refractivity (Wildman–Crippen MR) is 104 cm³/mol. The molecule has 2 heterocycles. The van der Waals surface area contributed by atoms with Crippen molar-refractivity contribution in [3.05, 3.63) is 72.6 Å². The van der Waals surface area contributed by atoms with Crippen molar-refractivity contribution in [2.45, 2.75) is 13.5 Å². The van der Waals surface area contributed by atoms with Crippen molar-refractivity contribution < 1.29 is 9.15 Å². The van der Waals surface area contributed by atoms with Crippen LogP contribution in [0.2, 0.25) is 0 Å². The monoisotopic (exact) mass is 360 g/mol. The van der Waals surface area contributed by atoms with E-state index in [-0.39, 0.29) is 0 Å². The van der Waals surface area contributed by atoms with Crippen LogP contribution in [-0.2, 0) is 6.54 Å². The Labute approximate surface area is 157 Å². The molecule has 6 nitrogen and oxygen atoms in total. The smallest absolute Gasteiger partial charge is 0.229 e. The fraction of sp³-hybridized carbons (Fsp3) is 0.143. The Balaban J connectivity index is 1.63. The van der Waals surface area contributed by atoms with Gasteiger partial charge in [-0.1, -0.05) is 42.5 Å². The number of oxazole rings is 1. The summed E-state index contributed by atoms with van der Waals surface area (Å²) >= 11 is 0. The SMILES string of the molecule is CCOc1ccccc1-c1nc(Cn2nc(N)cc2-c2ccccc2)co1. The van der Waals surface area contributed by atoms with Crippen LogP contribution in [-0.4, -0.2) is 21.4 Å². The minimum absolute atomic E-state index is 0.460. The summed E-state index contributed by atoms with van der Waals surface area (Å²) in [7, 11) is 0. The molecule has 0 radical (unpaired) electrons. The lowest BCUT2D eigenvalue weighted by molar-refractivity contribution is 0.340.